The molecule has 1 aromatic carbocycles. The van der Waals surface area contributed by atoms with Gasteiger partial charge in [-0.1, -0.05) is 11.8 Å². The molecule has 0 spiro atoms. The number of thiophene rings is 1. The van der Waals surface area contributed by atoms with Crippen molar-refractivity contribution in [3.63, 3.8) is 0 Å². The summed E-state index contributed by atoms with van der Waals surface area (Å²) in [6, 6.07) is 2.97. The molecule has 0 aliphatic rings. The summed E-state index contributed by atoms with van der Waals surface area (Å²) < 4.78 is 43.6. The zero-order valence-electron chi connectivity index (χ0n) is 19.9. The van der Waals surface area contributed by atoms with Crippen LogP contribution in [0, 0.1) is 18.6 Å². The zero-order chi connectivity index (χ0) is 26.6. The highest BCUT2D eigenvalue weighted by atomic mass is 32.2. The van der Waals surface area contributed by atoms with E-state index in [1.165, 1.54) is 20.3 Å². The number of rotatable bonds is 9. The number of halogens is 2. The molecule has 3 aromatic rings. The van der Waals surface area contributed by atoms with Gasteiger partial charge in [-0.05, 0) is 31.5 Å². The quantitative estimate of drug-likeness (QED) is 0.318. The van der Waals surface area contributed by atoms with Crippen molar-refractivity contribution in [3.05, 3.63) is 51.7 Å². The SMILES string of the molecule is COC(=O)c1sc(NC(=O)CSc2nnc(C(C)Oc3ccc(F)cc3F)n2C)c(C(=O)OC)c1C. The summed E-state index contributed by atoms with van der Waals surface area (Å²) in [5.41, 5.74) is 0.410. The molecule has 0 bridgehead atoms. The van der Waals surface area contributed by atoms with Crippen molar-refractivity contribution in [1.82, 2.24) is 14.8 Å². The molecule has 0 aliphatic heterocycles. The number of thioether (sulfide) groups is 1. The van der Waals surface area contributed by atoms with Crippen molar-refractivity contribution in [2.45, 2.75) is 25.1 Å². The van der Waals surface area contributed by atoms with Crippen LogP contribution < -0.4 is 10.1 Å². The van der Waals surface area contributed by atoms with Crippen LogP contribution in [-0.2, 0) is 21.3 Å². The Hall–Kier alpha value is -3.52. The van der Waals surface area contributed by atoms with Gasteiger partial charge < -0.3 is 24.1 Å². The van der Waals surface area contributed by atoms with Crippen LogP contribution in [0.3, 0.4) is 0 Å². The molecule has 0 radical (unpaired) electrons. The standard InChI is InChI=1S/C22H22F2N4O6S2/c1-10-16(20(30)32-4)19(36-17(10)21(31)33-5)25-15(29)9-35-22-27-26-18(28(22)3)11(2)34-14-7-6-12(23)8-13(14)24/h6-8,11H,9H2,1-5H3,(H,25,29). The van der Waals surface area contributed by atoms with Crippen molar-refractivity contribution in [2.24, 2.45) is 7.05 Å². The van der Waals surface area contributed by atoms with Gasteiger partial charge in [0.05, 0.1) is 25.5 Å². The number of esters is 2. The lowest BCUT2D eigenvalue weighted by molar-refractivity contribution is -0.113. The third-order valence-corrected chi connectivity index (χ3v) is 7.13. The number of carbonyl (C=O) groups excluding carboxylic acids is 3. The summed E-state index contributed by atoms with van der Waals surface area (Å²) in [7, 11) is 4.06. The summed E-state index contributed by atoms with van der Waals surface area (Å²) in [4.78, 5) is 37.0. The number of amides is 1. The van der Waals surface area contributed by atoms with Crippen LogP contribution in [0.4, 0.5) is 13.8 Å². The third-order valence-electron chi connectivity index (χ3n) is 4.92. The number of carbonyl (C=O) groups is 3. The molecule has 10 nitrogen and oxygen atoms in total. The molecule has 2 heterocycles. The minimum atomic E-state index is -0.846. The van der Waals surface area contributed by atoms with Gasteiger partial charge in [-0.25, -0.2) is 18.4 Å². The number of nitrogens with zero attached hydrogens (tertiary/aromatic N) is 3. The van der Waals surface area contributed by atoms with Crippen molar-refractivity contribution < 1.29 is 37.4 Å². The number of methoxy groups -OCH3 is 2. The molecule has 3 rings (SSSR count). The lowest BCUT2D eigenvalue weighted by Gasteiger charge is -2.14. The lowest BCUT2D eigenvalue weighted by atomic mass is 10.1. The van der Waals surface area contributed by atoms with Crippen LogP contribution in [0.5, 0.6) is 5.75 Å². The molecule has 0 fully saturated rings. The molecular formula is C22H22F2N4O6S2. The highest BCUT2D eigenvalue weighted by molar-refractivity contribution is 7.99. The number of aromatic nitrogens is 3. The van der Waals surface area contributed by atoms with Gasteiger partial charge in [0.15, 0.2) is 28.7 Å². The van der Waals surface area contributed by atoms with Gasteiger partial charge in [-0.3, -0.25) is 4.79 Å². The summed E-state index contributed by atoms with van der Waals surface area (Å²) in [6.07, 6.45) is -0.723. The topological polar surface area (TPSA) is 122 Å². The number of benzene rings is 1. The van der Waals surface area contributed by atoms with Gasteiger partial charge in [0.25, 0.3) is 0 Å². The van der Waals surface area contributed by atoms with E-state index in [1.54, 1.807) is 25.5 Å². The van der Waals surface area contributed by atoms with Crippen molar-refractivity contribution in [3.8, 4) is 5.75 Å². The van der Waals surface area contributed by atoms with E-state index in [0.29, 0.717) is 22.6 Å². The molecule has 14 heteroatoms. The predicted molar refractivity (Wildman–Crippen MR) is 127 cm³/mol. The Bertz CT molecular complexity index is 1310. The molecule has 2 aromatic heterocycles. The van der Waals surface area contributed by atoms with Crippen LogP contribution >= 0.6 is 23.1 Å². The molecule has 1 N–H and O–H groups in total. The Morgan fingerprint density at radius 2 is 1.86 bits per heavy atom. The minimum absolute atomic E-state index is 0.0705. The fourth-order valence-electron chi connectivity index (χ4n) is 3.15. The average molecular weight is 541 g/mol. The van der Waals surface area contributed by atoms with Crippen LogP contribution in [0.1, 0.15) is 44.4 Å². The van der Waals surface area contributed by atoms with Gasteiger partial charge >= 0.3 is 11.9 Å². The third kappa shape index (κ3) is 5.82. The maximum Gasteiger partial charge on any atom is 0.348 e. The fourth-order valence-corrected chi connectivity index (χ4v) is 5.00. The maximum atomic E-state index is 13.9. The lowest BCUT2D eigenvalue weighted by Crippen LogP contribution is -2.16. The van der Waals surface area contributed by atoms with Gasteiger partial charge in [-0.15, -0.1) is 21.5 Å². The average Bonchev–Trinajstić information content (AvgIpc) is 3.37. The van der Waals surface area contributed by atoms with E-state index in [9.17, 15) is 23.2 Å². The van der Waals surface area contributed by atoms with E-state index in [1.807, 2.05) is 0 Å². The first-order chi connectivity index (χ1) is 17.1. The largest absolute Gasteiger partial charge is 0.480 e. The van der Waals surface area contributed by atoms with Gasteiger partial charge in [-0.2, -0.15) is 0 Å². The van der Waals surface area contributed by atoms with Crippen molar-refractivity contribution in [2.75, 3.05) is 25.3 Å². The molecule has 1 unspecified atom stereocenters. The van der Waals surface area contributed by atoms with E-state index < -0.39 is 35.6 Å². The maximum absolute atomic E-state index is 13.9. The highest BCUT2D eigenvalue weighted by Crippen LogP contribution is 2.34. The van der Waals surface area contributed by atoms with Crippen LogP contribution in [0.25, 0.3) is 0 Å². The van der Waals surface area contributed by atoms with E-state index in [-0.39, 0.29) is 26.9 Å². The second-order valence-electron chi connectivity index (χ2n) is 7.31. The Balaban J connectivity index is 1.69. The van der Waals surface area contributed by atoms with E-state index in [2.05, 4.69) is 15.5 Å². The Kier molecular flexibility index (Phi) is 8.63. The number of ether oxygens (including phenoxy) is 3. The normalized spacial score (nSPS) is 11.6. The smallest absolute Gasteiger partial charge is 0.348 e. The van der Waals surface area contributed by atoms with Gasteiger partial charge in [0, 0.05) is 13.1 Å². The van der Waals surface area contributed by atoms with Crippen molar-refractivity contribution in [1.29, 1.82) is 0 Å². The number of hydrogen-bond acceptors (Lipinski definition) is 10. The Morgan fingerprint density at radius 1 is 1.17 bits per heavy atom. The Morgan fingerprint density at radius 3 is 2.50 bits per heavy atom. The van der Waals surface area contributed by atoms with Gasteiger partial charge in [0.1, 0.15) is 15.7 Å². The second kappa shape index (κ2) is 11.5. The van der Waals surface area contributed by atoms with Crippen LogP contribution in [0.2, 0.25) is 0 Å². The molecule has 36 heavy (non-hydrogen) atoms. The van der Waals surface area contributed by atoms with E-state index >= 15 is 0 Å². The summed E-state index contributed by atoms with van der Waals surface area (Å²) in [5.74, 6) is -3.26. The molecular weight excluding hydrogens is 518 g/mol. The van der Waals surface area contributed by atoms with E-state index in [0.717, 1.165) is 29.2 Å². The molecule has 1 atom stereocenters. The van der Waals surface area contributed by atoms with Crippen LogP contribution in [0.15, 0.2) is 23.4 Å². The van der Waals surface area contributed by atoms with E-state index in [4.69, 9.17) is 14.2 Å². The Labute approximate surface area is 212 Å². The molecule has 1 amide bonds. The first kappa shape index (κ1) is 27.1. The summed E-state index contributed by atoms with van der Waals surface area (Å²) in [5, 5.41) is 11.2. The minimum Gasteiger partial charge on any atom is -0.480 e. The zero-order valence-corrected chi connectivity index (χ0v) is 21.5. The predicted octanol–water partition coefficient (Wildman–Crippen LogP) is 3.91. The van der Waals surface area contributed by atoms with Gasteiger partial charge in [0.2, 0.25) is 5.91 Å². The molecule has 0 saturated heterocycles. The number of anilines is 1. The molecule has 0 aliphatic carbocycles. The van der Waals surface area contributed by atoms with Crippen molar-refractivity contribution >= 4 is 45.9 Å². The monoisotopic (exact) mass is 540 g/mol. The first-order valence-electron chi connectivity index (χ1n) is 10.3. The highest BCUT2D eigenvalue weighted by Gasteiger charge is 2.27. The number of nitrogens with one attached hydrogen (secondary N) is 1. The summed E-state index contributed by atoms with van der Waals surface area (Å²) in [6.45, 7) is 3.18. The fraction of sp³-hybridized carbons (Fsp3) is 0.318. The number of hydrogen-bond donors (Lipinski definition) is 1. The summed E-state index contributed by atoms with van der Waals surface area (Å²) >= 11 is 1.97. The molecule has 0 saturated carbocycles. The first-order valence-corrected chi connectivity index (χ1v) is 12.1. The second-order valence-corrected chi connectivity index (χ2v) is 9.28. The molecule has 192 valence electrons. The van der Waals surface area contributed by atoms with Crippen LogP contribution in [-0.4, -0.2) is 52.6 Å².